The van der Waals surface area contributed by atoms with Crippen molar-refractivity contribution in [1.82, 2.24) is 9.88 Å². The molecule has 1 aliphatic carbocycles. The van der Waals surface area contributed by atoms with Gasteiger partial charge in [-0.2, -0.15) is 13.2 Å². The number of hydrogen-bond donors (Lipinski definition) is 1. The lowest BCUT2D eigenvalue weighted by molar-refractivity contribution is -0.194. The number of aromatic nitrogens is 1. The molecule has 0 radical (unpaired) electrons. The molecule has 3 heterocycles. The second-order valence-corrected chi connectivity index (χ2v) is 7.75. The van der Waals surface area contributed by atoms with Crippen molar-refractivity contribution in [2.45, 2.75) is 44.1 Å². The topological polar surface area (TPSA) is 89.0 Å². The van der Waals surface area contributed by atoms with Gasteiger partial charge < -0.3 is 19.5 Å². The number of aliphatic carboxylic acids is 1. The number of likely N-dealkylation sites (tertiary alicyclic amines) is 1. The van der Waals surface area contributed by atoms with Crippen LogP contribution in [0.25, 0.3) is 0 Å². The molecule has 3 unspecified atom stereocenters. The minimum Gasteiger partial charge on any atom is -0.475 e. The number of nitrogens with zero attached hydrogens (tertiary/aromatic N) is 2. The first-order valence-corrected chi connectivity index (χ1v) is 9.40. The number of rotatable bonds is 3. The van der Waals surface area contributed by atoms with Crippen LogP contribution in [0.3, 0.4) is 0 Å². The maximum atomic E-state index is 12.2. The molecule has 3 fully saturated rings. The molecule has 1 saturated carbocycles. The number of alkyl halides is 3. The molecule has 29 heavy (non-hydrogen) atoms. The third-order valence-electron chi connectivity index (χ3n) is 5.31. The number of carboxylic acids is 1. The summed E-state index contributed by atoms with van der Waals surface area (Å²) in [7, 11) is 0. The van der Waals surface area contributed by atoms with E-state index in [0.29, 0.717) is 24.3 Å². The Labute approximate surface area is 165 Å². The summed E-state index contributed by atoms with van der Waals surface area (Å²) in [4.78, 5) is 27.3. The van der Waals surface area contributed by atoms with Gasteiger partial charge in [0.2, 0.25) is 11.8 Å². The van der Waals surface area contributed by atoms with Gasteiger partial charge in [0.1, 0.15) is 11.7 Å². The predicted molar refractivity (Wildman–Crippen MR) is 94.1 cm³/mol. The standard InChI is InChI=1S/C17H22N2O3.C2HF3O2/c1-12-8-14(12)16(20)19-10-17(11-19)9-13(5-7-21-17)22-15-4-2-3-6-18-15;3-2(4,5)1(6)7/h2-4,6,12-14H,5,7-11H2,1H3;(H,6,7). The Morgan fingerprint density at radius 1 is 1.34 bits per heavy atom. The number of ether oxygens (including phenoxy) is 2. The molecule has 1 aromatic heterocycles. The Kier molecular flexibility index (Phi) is 6.02. The molecule has 1 spiro atoms. The van der Waals surface area contributed by atoms with Gasteiger partial charge in [0.25, 0.3) is 0 Å². The van der Waals surface area contributed by atoms with E-state index < -0.39 is 12.1 Å². The average molecular weight is 416 g/mol. The monoisotopic (exact) mass is 416 g/mol. The molecule has 3 aliphatic rings. The second-order valence-electron chi connectivity index (χ2n) is 7.75. The molecular formula is C19H23F3N2O5. The molecule has 4 rings (SSSR count). The van der Waals surface area contributed by atoms with Crippen molar-refractivity contribution in [3.63, 3.8) is 0 Å². The number of carbonyl (C=O) groups excluding carboxylic acids is 1. The number of carbonyl (C=O) groups is 2. The fraction of sp³-hybridized carbons (Fsp3) is 0.632. The first kappa shape index (κ1) is 21.4. The van der Waals surface area contributed by atoms with Crippen LogP contribution in [0.15, 0.2) is 24.4 Å². The van der Waals surface area contributed by atoms with Gasteiger partial charge in [-0.15, -0.1) is 0 Å². The van der Waals surface area contributed by atoms with Gasteiger partial charge in [0.05, 0.1) is 19.7 Å². The lowest BCUT2D eigenvalue weighted by atomic mass is 9.84. The van der Waals surface area contributed by atoms with E-state index in [1.54, 1.807) is 6.20 Å². The molecular weight excluding hydrogens is 393 g/mol. The fourth-order valence-corrected chi connectivity index (χ4v) is 3.60. The number of halogens is 3. The molecule has 1 aromatic rings. The van der Waals surface area contributed by atoms with Crippen LogP contribution in [0.5, 0.6) is 5.88 Å². The van der Waals surface area contributed by atoms with Gasteiger partial charge in [0.15, 0.2) is 0 Å². The van der Waals surface area contributed by atoms with E-state index in [1.807, 2.05) is 23.1 Å². The van der Waals surface area contributed by atoms with Crippen molar-refractivity contribution in [1.29, 1.82) is 0 Å². The highest BCUT2D eigenvalue weighted by Crippen LogP contribution is 2.43. The number of pyridine rings is 1. The highest BCUT2D eigenvalue weighted by atomic mass is 19.4. The summed E-state index contributed by atoms with van der Waals surface area (Å²) in [5, 5.41) is 7.12. The molecule has 0 bridgehead atoms. The van der Waals surface area contributed by atoms with E-state index in [-0.39, 0.29) is 17.6 Å². The Bertz CT molecular complexity index is 737. The van der Waals surface area contributed by atoms with Crippen molar-refractivity contribution in [3.05, 3.63) is 24.4 Å². The van der Waals surface area contributed by atoms with Crippen LogP contribution in [-0.2, 0) is 14.3 Å². The highest BCUT2D eigenvalue weighted by molar-refractivity contribution is 5.82. The molecule has 10 heteroatoms. The van der Waals surface area contributed by atoms with Gasteiger partial charge in [-0.3, -0.25) is 4.79 Å². The second kappa shape index (κ2) is 8.17. The van der Waals surface area contributed by atoms with E-state index in [0.717, 1.165) is 32.4 Å². The number of hydrogen-bond acceptors (Lipinski definition) is 5. The summed E-state index contributed by atoms with van der Waals surface area (Å²) in [6.45, 7) is 4.28. The zero-order valence-corrected chi connectivity index (χ0v) is 15.9. The number of carboxylic acid groups (broad SMARTS) is 1. The van der Waals surface area contributed by atoms with Crippen molar-refractivity contribution < 1.29 is 37.3 Å². The summed E-state index contributed by atoms with van der Waals surface area (Å²) >= 11 is 0. The van der Waals surface area contributed by atoms with Crippen LogP contribution in [0.4, 0.5) is 13.2 Å². The normalized spacial score (nSPS) is 27.3. The lowest BCUT2D eigenvalue weighted by Crippen LogP contribution is -2.67. The van der Waals surface area contributed by atoms with E-state index in [4.69, 9.17) is 19.4 Å². The zero-order chi connectivity index (χ0) is 21.2. The van der Waals surface area contributed by atoms with E-state index in [1.165, 1.54) is 0 Å². The minimum absolute atomic E-state index is 0.126. The van der Waals surface area contributed by atoms with Gasteiger partial charge in [-0.25, -0.2) is 9.78 Å². The molecule has 2 saturated heterocycles. The van der Waals surface area contributed by atoms with Crippen molar-refractivity contribution in [2.75, 3.05) is 19.7 Å². The fourth-order valence-electron chi connectivity index (χ4n) is 3.60. The summed E-state index contributed by atoms with van der Waals surface area (Å²) in [6, 6.07) is 5.69. The summed E-state index contributed by atoms with van der Waals surface area (Å²) in [6.07, 6.45) is -0.445. The lowest BCUT2D eigenvalue weighted by Gasteiger charge is -2.53. The smallest absolute Gasteiger partial charge is 0.475 e. The van der Waals surface area contributed by atoms with E-state index in [9.17, 15) is 18.0 Å². The first-order chi connectivity index (χ1) is 13.6. The third kappa shape index (κ3) is 5.37. The van der Waals surface area contributed by atoms with Crippen LogP contribution in [0.2, 0.25) is 0 Å². The quantitative estimate of drug-likeness (QED) is 0.815. The Hall–Kier alpha value is -2.36. The molecule has 1 amide bonds. The largest absolute Gasteiger partial charge is 0.490 e. The van der Waals surface area contributed by atoms with Gasteiger partial charge in [-0.1, -0.05) is 13.0 Å². The summed E-state index contributed by atoms with van der Waals surface area (Å²) < 4.78 is 43.7. The Morgan fingerprint density at radius 2 is 2.00 bits per heavy atom. The molecule has 160 valence electrons. The van der Waals surface area contributed by atoms with Crippen LogP contribution >= 0.6 is 0 Å². The van der Waals surface area contributed by atoms with Crippen LogP contribution < -0.4 is 4.74 Å². The average Bonchev–Trinajstić information content (AvgIpc) is 3.36. The number of amides is 1. The van der Waals surface area contributed by atoms with Crippen molar-refractivity contribution in [2.24, 2.45) is 11.8 Å². The van der Waals surface area contributed by atoms with Crippen LogP contribution in [0, 0.1) is 11.8 Å². The Balaban J connectivity index is 0.000000298. The first-order valence-electron chi connectivity index (χ1n) is 9.40. The van der Waals surface area contributed by atoms with Gasteiger partial charge >= 0.3 is 12.1 Å². The SMILES string of the molecule is CC1CC1C(=O)N1CC2(CC(Oc3ccccn3)CCO2)C1.O=C(O)C(F)(F)F. The van der Waals surface area contributed by atoms with Crippen LogP contribution in [-0.4, -0.2) is 64.4 Å². The van der Waals surface area contributed by atoms with Gasteiger partial charge in [-0.05, 0) is 18.4 Å². The maximum absolute atomic E-state index is 12.2. The molecule has 7 nitrogen and oxygen atoms in total. The molecule has 3 atom stereocenters. The molecule has 2 aliphatic heterocycles. The predicted octanol–water partition coefficient (Wildman–Crippen LogP) is 2.51. The van der Waals surface area contributed by atoms with Crippen LogP contribution in [0.1, 0.15) is 26.2 Å². The third-order valence-corrected chi connectivity index (χ3v) is 5.31. The van der Waals surface area contributed by atoms with E-state index >= 15 is 0 Å². The Morgan fingerprint density at radius 3 is 2.52 bits per heavy atom. The van der Waals surface area contributed by atoms with Gasteiger partial charge in [0, 0.05) is 31.0 Å². The van der Waals surface area contributed by atoms with Crippen molar-refractivity contribution in [3.8, 4) is 5.88 Å². The highest BCUT2D eigenvalue weighted by Gasteiger charge is 2.53. The summed E-state index contributed by atoms with van der Waals surface area (Å²) in [5.74, 6) is -0.941. The summed E-state index contributed by atoms with van der Waals surface area (Å²) in [5.41, 5.74) is -0.189. The minimum atomic E-state index is -5.08. The molecule has 0 aromatic carbocycles. The molecule has 1 N–H and O–H groups in total. The van der Waals surface area contributed by atoms with Crippen molar-refractivity contribution >= 4 is 11.9 Å². The van der Waals surface area contributed by atoms with E-state index in [2.05, 4.69) is 11.9 Å². The maximum Gasteiger partial charge on any atom is 0.490 e. The zero-order valence-electron chi connectivity index (χ0n) is 15.9.